The van der Waals surface area contributed by atoms with Crippen LogP contribution < -0.4 is 10.6 Å². The number of likely N-dealkylation sites (N-methyl/N-ethyl adjacent to an activating group) is 1. The fourth-order valence-electron chi connectivity index (χ4n) is 3.86. The van der Waals surface area contributed by atoms with E-state index in [4.69, 9.17) is 16.3 Å². The van der Waals surface area contributed by atoms with Gasteiger partial charge < -0.3 is 20.3 Å². The molecule has 6 nitrogen and oxygen atoms in total. The number of carbonyl (C=O) groups is 2. The van der Waals surface area contributed by atoms with E-state index in [1.54, 1.807) is 12.1 Å². The first kappa shape index (κ1) is 24.4. The van der Waals surface area contributed by atoms with Gasteiger partial charge in [-0.15, -0.1) is 11.3 Å². The van der Waals surface area contributed by atoms with Crippen LogP contribution in [-0.4, -0.2) is 49.5 Å². The van der Waals surface area contributed by atoms with Crippen LogP contribution in [0.25, 0.3) is 0 Å². The van der Waals surface area contributed by atoms with Crippen molar-refractivity contribution in [1.29, 1.82) is 0 Å². The average Bonchev–Trinajstić information content (AvgIpc) is 3.19. The molecule has 1 aromatic heterocycles. The molecule has 2 aromatic carbocycles. The summed E-state index contributed by atoms with van der Waals surface area (Å²) in [5.74, 6) is -0.680. The second-order valence-electron chi connectivity index (χ2n) is 8.41. The number of rotatable bonds is 8. The van der Waals surface area contributed by atoms with Crippen LogP contribution in [0.5, 0.6) is 0 Å². The number of benzene rings is 2. The lowest BCUT2D eigenvalue weighted by Crippen LogP contribution is -2.46. The number of nitrogens with zero attached hydrogens (tertiary/aromatic N) is 1. The number of halogens is 1. The minimum atomic E-state index is -0.859. The normalized spacial score (nSPS) is 14.6. The molecule has 0 unspecified atom stereocenters. The molecule has 178 valence electrons. The predicted molar refractivity (Wildman–Crippen MR) is 137 cm³/mol. The summed E-state index contributed by atoms with van der Waals surface area (Å²) in [6.45, 7) is 2.40. The number of amides is 2. The number of thiophene rings is 1. The number of anilines is 1. The fourth-order valence-corrected chi connectivity index (χ4v) is 4.81. The largest absolute Gasteiger partial charge is 0.374 e. The SMILES string of the molecule is CN1CCc2ccc(NC(=O)[C@@H](COCc3ccccc3)NC(=O)c3ccc(Cl)s3)cc2CC1. The predicted octanol–water partition coefficient (Wildman–Crippen LogP) is 4.39. The van der Waals surface area contributed by atoms with Crippen LogP contribution in [0.4, 0.5) is 5.69 Å². The molecule has 4 rings (SSSR count). The molecule has 1 aliphatic heterocycles. The van der Waals surface area contributed by atoms with Crippen molar-refractivity contribution >= 4 is 40.4 Å². The first-order valence-corrected chi connectivity index (χ1v) is 12.5. The van der Waals surface area contributed by atoms with E-state index in [-0.39, 0.29) is 18.4 Å². The molecule has 0 radical (unpaired) electrons. The Hall–Kier alpha value is -2.71. The number of carbonyl (C=O) groups excluding carboxylic acids is 2. The van der Waals surface area contributed by atoms with Gasteiger partial charge in [0.15, 0.2) is 0 Å². The Bertz CT molecular complexity index is 1140. The molecule has 0 aliphatic carbocycles. The van der Waals surface area contributed by atoms with E-state index in [2.05, 4.69) is 28.6 Å². The van der Waals surface area contributed by atoms with Crippen LogP contribution >= 0.6 is 22.9 Å². The minimum Gasteiger partial charge on any atom is -0.374 e. The van der Waals surface area contributed by atoms with E-state index >= 15 is 0 Å². The quantitative estimate of drug-likeness (QED) is 0.484. The zero-order valence-corrected chi connectivity index (χ0v) is 20.6. The molecule has 2 heterocycles. The Morgan fingerprint density at radius 1 is 1.06 bits per heavy atom. The molecule has 34 heavy (non-hydrogen) atoms. The molecule has 3 aromatic rings. The van der Waals surface area contributed by atoms with Crippen molar-refractivity contribution in [2.75, 3.05) is 32.1 Å². The van der Waals surface area contributed by atoms with Crippen LogP contribution in [0, 0.1) is 0 Å². The van der Waals surface area contributed by atoms with Crippen molar-refractivity contribution in [1.82, 2.24) is 10.2 Å². The third-order valence-electron chi connectivity index (χ3n) is 5.81. The zero-order chi connectivity index (χ0) is 23.9. The van der Waals surface area contributed by atoms with E-state index in [1.165, 1.54) is 22.5 Å². The maximum atomic E-state index is 13.2. The Morgan fingerprint density at radius 3 is 2.56 bits per heavy atom. The van der Waals surface area contributed by atoms with Gasteiger partial charge in [-0.1, -0.05) is 48.0 Å². The Balaban J connectivity index is 1.44. The van der Waals surface area contributed by atoms with Crippen LogP contribution in [0.3, 0.4) is 0 Å². The second-order valence-corrected chi connectivity index (χ2v) is 10.1. The number of fused-ring (bicyclic) bond motifs is 1. The van der Waals surface area contributed by atoms with Crippen LogP contribution in [0.2, 0.25) is 4.34 Å². The van der Waals surface area contributed by atoms with Gasteiger partial charge >= 0.3 is 0 Å². The highest BCUT2D eigenvalue weighted by Crippen LogP contribution is 2.22. The molecule has 1 aliphatic rings. The van der Waals surface area contributed by atoms with Gasteiger partial charge in [-0.25, -0.2) is 0 Å². The van der Waals surface area contributed by atoms with Crippen LogP contribution in [-0.2, 0) is 29.0 Å². The van der Waals surface area contributed by atoms with Crippen molar-refractivity contribution in [2.45, 2.75) is 25.5 Å². The summed E-state index contributed by atoms with van der Waals surface area (Å²) in [7, 11) is 2.12. The van der Waals surface area contributed by atoms with Gasteiger partial charge in [-0.2, -0.15) is 0 Å². The highest BCUT2D eigenvalue weighted by atomic mass is 35.5. The van der Waals surface area contributed by atoms with Crippen molar-refractivity contribution in [3.8, 4) is 0 Å². The van der Waals surface area contributed by atoms with Gasteiger partial charge in [-0.3, -0.25) is 9.59 Å². The van der Waals surface area contributed by atoms with E-state index in [0.29, 0.717) is 15.8 Å². The minimum absolute atomic E-state index is 0.0430. The number of hydrogen-bond acceptors (Lipinski definition) is 5. The van der Waals surface area contributed by atoms with E-state index < -0.39 is 6.04 Å². The molecule has 2 N–H and O–H groups in total. The van der Waals surface area contributed by atoms with E-state index in [1.807, 2.05) is 42.5 Å². The molecule has 8 heteroatoms. The lowest BCUT2D eigenvalue weighted by atomic mass is 10.0. The molecule has 0 saturated carbocycles. The third kappa shape index (κ3) is 6.67. The fraction of sp³-hybridized carbons (Fsp3) is 0.308. The van der Waals surface area contributed by atoms with Crippen molar-refractivity contribution < 1.29 is 14.3 Å². The maximum absolute atomic E-state index is 13.2. The van der Waals surface area contributed by atoms with E-state index in [9.17, 15) is 9.59 Å². The number of nitrogens with one attached hydrogen (secondary N) is 2. The Labute approximate surface area is 208 Å². The highest BCUT2D eigenvalue weighted by Gasteiger charge is 2.23. The third-order valence-corrected chi connectivity index (χ3v) is 7.04. The molecule has 0 saturated heterocycles. The van der Waals surface area contributed by atoms with E-state index in [0.717, 1.165) is 37.2 Å². The highest BCUT2D eigenvalue weighted by molar-refractivity contribution is 7.18. The van der Waals surface area contributed by atoms with Crippen LogP contribution in [0.1, 0.15) is 26.4 Å². The number of ether oxygens (including phenoxy) is 1. The molecule has 1 atom stereocenters. The van der Waals surface area contributed by atoms with Crippen molar-refractivity contribution in [2.24, 2.45) is 0 Å². The summed E-state index contributed by atoms with van der Waals surface area (Å²) in [4.78, 5) is 28.7. The lowest BCUT2D eigenvalue weighted by molar-refractivity contribution is -0.119. The smallest absolute Gasteiger partial charge is 0.262 e. The first-order valence-electron chi connectivity index (χ1n) is 11.3. The molecule has 2 amide bonds. The average molecular weight is 498 g/mol. The van der Waals surface area contributed by atoms with Crippen molar-refractivity contribution in [3.63, 3.8) is 0 Å². The Morgan fingerprint density at radius 2 is 1.82 bits per heavy atom. The summed E-state index contributed by atoms with van der Waals surface area (Å²) in [5, 5.41) is 5.76. The summed E-state index contributed by atoms with van der Waals surface area (Å²) >= 11 is 7.14. The molecular formula is C26H28ClN3O3S. The van der Waals surface area contributed by atoms with Crippen molar-refractivity contribution in [3.05, 3.63) is 86.6 Å². The van der Waals surface area contributed by atoms with Crippen LogP contribution in [0.15, 0.2) is 60.7 Å². The second kappa shape index (κ2) is 11.6. The van der Waals surface area contributed by atoms with Gasteiger partial charge in [0, 0.05) is 18.8 Å². The molecular weight excluding hydrogens is 470 g/mol. The maximum Gasteiger partial charge on any atom is 0.262 e. The van der Waals surface area contributed by atoms with Gasteiger partial charge in [-0.05, 0) is 60.8 Å². The van der Waals surface area contributed by atoms with Gasteiger partial charge in [0.1, 0.15) is 6.04 Å². The summed E-state index contributed by atoms with van der Waals surface area (Å²) in [6.07, 6.45) is 1.93. The topological polar surface area (TPSA) is 70.7 Å². The van der Waals surface area contributed by atoms with Gasteiger partial charge in [0.2, 0.25) is 5.91 Å². The summed E-state index contributed by atoms with van der Waals surface area (Å²) in [5.41, 5.74) is 4.27. The monoisotopic (exact) mass is 497 g/mol. The molecule has 0 bridgehead atoms. The molecule has 0 fully saturated rings. The summed E-state index contributed by atoms with van der Waals surface area (Å²) < 4.78 is 6.31. The number of hydrogen-bond donors (Lipinski definition) is 2. The molecule has 0 spiro atoms. The van der Waals surface area contributed by atoms with Gasteiger partial charge in [0.05, 0.1) is 22.4 Å². The van der Waals surface area contributed by atoms with Gasteiger partial charge in [0.25, 0.3) is 5.91 Å². The standard InChI is InChI=1S/C26H28ClN3O3S/c1-30-13-11-19-7-8-21(15-20(19)12-14-30)28-25(31)22(17-33-16-18-5-3-2-4-6-18)29-26(32)23-9-10-24(27)34-23/h2-10,15,22H,11-14,16-17H2,1H3,(H,28,31)(H,29,32)/t22-/m1/s1. The Kier molecular flexibility index (Phi) is 8.34. The summed E-state index contributed by atoms with van der Waals surface area (Å²) in [6, 6.07) is 18.2. The zero-order valence-electron chi connectivity index (χ0n) is 19.1. The first-order chi connectivity index (χ1) is 16.5. The lowest BCUT2D eigenvalue weighted by Gasteiger charge is -2.19.